The molecule has 0 aliphatic carbocycles. The number of aryl methyl sites for hydroxylation is 1. The van der Waals surface area contributed by atoms with Crippen LogP contribution in [0.5, 0.6) is 0 Å². The maximum atomic E-state index is 12.3. The van der Waals surface area contributed by atoms with E-state index in [0.717, 1.165) is 19.3 Å². The molecule has 0 bridgehead atoms. The Kier molecular flexibility index (Phi) is 5.64. The number of nitrogens with zero attached hydrogens (tertiary/aromatic N) is 2. The third-order valence-electron chi connectivity index (χ3n) is 4.07. The maximum Gasteiger partial charge on any atom is 0.239 e. The van der Waals surface area contributed by atoms with Gasteiger partial charge in [0.1, 0.15) is 9.84 Å². The SMILES string of the molecule is Cc1cccc(N2CCN(C(=O)C(N)CCS(C)(=O)=O)CC2)c1. The molecule has 1 atom stereocenters. The normalized spacial score (nSPS) is 17.2. The largest absolute Gasteiger partial charge is 0.368 e. The molecule has 1 heterocycles. The number of nitrogens with two attached hydrogens (primary N) is 1. The first-order valence-corrected chi connectivity index (χ1v) is 9.86. The number of benzene rings is 1. The monoisotopic (exact) mass is 339 g/mol. The summed E-state index contributed by atoms with van der Waals surface area (Å²) in [6, 6.07) is 7.56. The molecule has 1 saturated heterocycles. The van der Waals surface area contributed by atoms with Crippen LogP contribution in [0.2, 0.25) is 0 Å². The van der Waals surface area contributed by atoms with Crippen molar-refractivity contribution in [1.29, 1.82) is 0 Å². The van der Waals surface area contributed by atoms with E-state index in [1.807, 2.05) is 6.07 Å². The Labute approximate surface area is 138 Å². The molecule has 1 aromatic carbocycles. The molecule has 1 aliphatic rings. The number of piperazine rings is 1. The third kappa shape index (κ3) is 5.21. The number of amides is 1. The molecule has 6 nitrogen and oxygen atoms in total. The summed E-state index contributed by atoms with van der Waals surface area (Å²) >= 11 is 0. The Morgan fingerprint density at radius 2 is 1.91 bits per heavy atom. The van der Waals surface area contributed by atoms with Gasteiger partial charge in [-0.2, -0.15) is 0 Å². The smallest absolute Gasteiger partial charge is 0.239 e. The van der Waals surface area contributed by atoms with Gasteiger partial charge in [-0.05, 0) is 31.0 Å². The van der Waals surface area contributed by atoms with Gasteiger partial charge in [-0.15, -0.1) is 0 Å². The van der Waals surface area contributed by atoms with Gasteiger partial charge in [0.25, 0.3) is 0 Å². The predicted octanol–water partition coefficient (Wildman–Crippen LogP) is 0.406. The first-order valence-electron chi connectivity index (χ1n) is 7.80. The molecule has 7 heteroatoms. The first kappa shape index (κ1) is 17.7. The quantitative estimate of drug-likeness (QED) is 0.840. The zero-order valence-corrected chi connectivity index (χ0v) is 14.6. The molecular formula is C16H25N3O3S. The van der Waals surface area contributed by atoms with Gasteiger partial charge in [-0.1, -0.05) is 12.1 Å². The highest BCUT2D eigenvalue weighted by Gasteiger charge is 2.25. The van der Waals surface area contributed by atoms with Crippen molar-refractivity contribution in [3.8, 4) is 0 Å². The van der Waals surface area contributed by atoms with Gasteiger partial charge in [-0.3, -0.25) is 4.79 Å². The van der Waals surface area contributed by atoms with Crippen LogP contribution in [0, 0.1) is 6.92 Å². The van der Waals surface area contributed by atoms with Crippen LogP contribution in [0.15, 0.2) is 24.3 Å². The fourth-order valence-corrected chi connectivity index (χ4v) is 3.39. The topological polar surface area (TPSA) is 83.7 Å². The Morgan fingerprint density at radius 3 is 2.48 bits per heavy atom. The second kappa shape index (κ2) is 7.31. The summed E-state index contributed by atoms with van der Waals surface area (Å²) in [6.07, 6.45) is 1.33. The molecule has 1 fully saturated rings. The van der Waals surface area contributed by atoms with E-state index in [9.17, 15) is 13.2 Å². The summed E-state index contributed by atoms with van der Waals surface area (Å²) in [6.45, 7) is 4.80. The minimum atomic E-state index is -3.09. The third-order valence-corrected chi connectivity index (χ3v) is 5.05. The molecular weight excluding hydrogens is 314 g/mol. The summed E-state index contributed by atoms with van der Waals surface area (Å²) in [5.74, 6) is -0.207. The molecule has 0 radical (unpaired) electrons. The lowest BCUT2D eigenvalue weighted by atomic mass is 10.1. The van der Waals surface area contributed by atoms with Crippen molar-refractivity contribution >= 4 is 21.4 Å². The van der Waals surface area contributed by atoms with Crippen molar-refractivity contribution in [2.45, 2.75) is 19.4 Å². The molecule has 1 amide bonds. The van der Waals surface area contributed by atoms with Gasteiger partial charge in [0.05, 0.1) is 11.8 Å². The lowest BCUT2D eigenvalue weighted by Gasteiger charge is -2.37. The number of sulfone groups is 1. The van der Waals surface area contributed by atoms with E-state index in [1.165, 1.54) is 11.3 Å². The second-order valence-electron chi connectivity index (χ2n) is 6.18. The van der Waals surface area contributed by atoms with Gasteiger partial charge in [0, 0.05) is 38.1 Å². The van der Waals surface area contributed by atoms with E-state index in [4.69, 9.17) is 5.73 Å². The minimum Gasteiger partial charge on any atom is -0.368 e. The second-order valence-corrected chi connectivity index (χ2v) is 8.44. The molecule has 0 spiro atoms. The van der Waals surface area contributed by atoms with E-state index in [1.54, 1.807) is 4.90 Å². The maximum absolute atomic E-state index is 12.3. The van der Waals surface area contributed by atoms with E-state index in [-0.39, 0.29) is 18.1 Å². The number of carbonyl (C=O) groups excluding carboxylic acids is 1. The Hall–Kier alpha value is -1.60. The van der Waals surface area contributed by atoms with E-state index in [0.29, 0.717) is 13.1 Å². The number of hydrogen-bond donors (Lipinski definition) is 1. The number of rotatable bonds is 5. The molecule has 1 aromatic rings. The summed E-state index contributed by atoms with van der Waals surface area (Å²) in [4.78, 5) is 16.3. The molecule has 1 aliphatic heterocycles. The van der Waals surface area contributed by atoms with Crippen LogP contribution >= 0.6 is 0 Å². The van der Waals surface area contributed by atoms with Crippen LogP contribution < -0.4 is 10.6 Å². The Morgan fingerprint density at radius 1 is 1.26 bits per heavy atom. The lowest BCUT2D eigenvalue weighted by Crippen LogP contribution is -2.53. The summed E-state index contributed by atoms with van der Waals surface area (Å²) < 4.78 is 22.3. The lowest BCUT2D eigenvalue weighted by molar-refractivity contribution is -0.132. The van der Waals surface area contributed by atoms with Crippen LogP contribution in [0.25, 0.3) is 0 Å². The Bertz CT molecular complexity index is 652. The van der Waals surface area contributed by atoms with Crippen LogP contribution in [0.3, 0.4) is 0 Å². The zero-order chi connectivity index (χ0) is 17.0. The Balaban J connectivity index is 1.87. The molecule has 2 N–H and O–H groups in total. The summed E-state index contributed by atoms with van der Waals surface area (Å²) in [5, 5.41) is 0. The number of carbonyl (C=O) groups is 1. The van der Waals surface area contributed by atoms with Crippen molar-refractivity contribution in [3.63, 3.8) is 0 Å². The van der Waals surface area contributed by atoms with Crippen LogP contribution in [0.1, 0.15) is 12.0 Å². The number of hydrogen-bond acceptors (Lipinski definition) is 5. The predicted molar refractivity (Wildman–Crippen MR) is 92.3 cm³/mol. The average molecular weight is 339 g/mol. The minimum absolute atomic E-state index is 0.0524. The first-order chi connectivity index (χ1) is 10.8. The van der Waals surface area contributed by atoms with Crippen molar-refractivity contribution in [3.05, 3.63) is 29.8 Å². The van der Waals surface area contributed by atoms with Crippen LogP contribution in [-0.4, -0.2) is 63.5 Å². The summed E-state index contributed by atoms with van der Waals surface area (Å²) in [5.41, 5.74) is 8.23. The molecule has 0 saturated carbocycles. The molecule has 23 heavy (non-hydrogen) atoms. The fraction of sp³-hybridized carbons (Fsp3) is 0.562. The highest BCUT2D eigenvalue weighted by Crippen LogP contribution is 2.18. The van der Waals surface area contributed by atoms with Crippen LogP contribution in [-0.2, 0) is 14.6 Å². The van der Waals surface area contributed by atoms with E-state index >= 15 is 0 Å². The molecule has 1 unspecified atom stereocenters. The van der Waals surface area contributed by atoms with Gasteiger partial charge < -0.3 is 15.5 Å². The van der Waals surface area contributed by atoms with E-state index < -0.39 is 15.9 Å². The zero-order valence-electron chi connectivity index (χ0n) is 13.7. The highest BCUT2D eigenvalue weighted by atomic mass is 32.2. The molecule has 2 rings (SSSR count). The van der Waals surface area contributed by atoms with Crippen molar-refractivity contribution in [2.24, 2.45) is 5.73 Å². The molecule has 0 aromatic heterocycles. The van der Waals surface area contributed by atoms with Gasteiger partial charge in [0.15, 0.2) is 0 Å². The van der Waals surface area contributed by atoms with Gasteiger partial charge >= 0.3 is 0 Å². The van der Waals surface area contributed by atoms with Crippen molar-refractivity contribution in [1.82, 2.24) is 4.90 Å². The van der Waals surface area contributed by atoms with Gasteiger partial charge in [0.2, 0.25) is 5.91 Å². The number of anilines is 1. The highest BCUT2D eigenvalue weighted by molar-refractivity contribution is 7.90. The van der Waals surface area contributed by atoms with Crippen molar-refractivity contribution in [2.75, 3.05) is 43.1 Å². The summed E-state index contributed by atoms with van der Waals surface area (Å²) in [7, 11) is -3.09. The standard InChI is InChI=1S/C16H25N3O3S/c1-13-4-3-5-14(12-13)18-7-9-19(10-8-18)16(20)15(17)6-11-23(2,21)22/h3-5,12,15H,6-11,17H2,1-2H3. The average Bonchev–Trinajstić information content (AvgIpc) is 2.51. The van der Waals surface area contributed by atoms with Gasteiger partial charge in [-0.25, -0.2) is 8.42 Å². The van der Waals surface area contributed by atoms with E-state index in [2.05, 4.69) is 30.0 Å². The fourth-order valence-electron chi connectivity index (χ4n) is 2.71. The molecule has 128 valence electrons. The van der Waals surface area contributed by atoms with Crippen molar-refractivity contribution < 1.29 is 13.2 Å². The van der Waals surface area contributed by atoms with Crippen LogP contribution in [0.4, 0.5) is 5.69 Å².